The Morgan fingerprint density at radius 2 is 1.47 bits per heavy atom. The van der Waals surface area contributed by atoms with Gasteiger partial charge in [0.25, 0.3) is 5.91 Å². The molecule has 1 aromatic rings. The smallest absolute Gasteiger partial charge is 0.253 e. The summed E-state index contributed by atoms with van der Waals surface area (Å²) in [5, 5.41) is 0. The second-order valence-corrected chi connectivity index (χ2v) is 10.1. The summed E-state index contributed by atoms with van der Waals surface area (Å²) in [5.41, 5.74) is 0.694. The molecule has 3 amide bonds. The third kappa shape index (κ3) is 5.17. The van der Waals surface area contributed by atoms with Crippen LogP contribution in [-0.2, 0) is 9.59 Å². The van der Waals surface area contributed by atoms with Crippen LogP contribution in [0.1, 0.15) is 43.0 Å². The maximum atomic E-state index is 13.6. The number of hydrogen-bond donors (Lipinski definition) is 0. The molecule has 0 aromatic heterocycles. The molecule has 174 valence electrons. The van der Waals surface area contributed by atoms with Gasteiger partial charge in [-0.15, -0.1) is 0 Å². The van der Waals surface area contributed by atoms with E-state index in [1.807, 2.05) is 39.0 Å². The average molecular weight is 505 g/mol. The van der Waals surface area contributed by atoms with E-state index in [0.717, 1.165) is 30.4 Å². The summed E-state index contributed by atoms with van der Waals surface area (Å²) in [6.45, 7) is 6.78. The first-order chi connectivity index (χ1) is 15.4. The Morgan fingerprint density at radius 1 is 0.875 bits per heavy atom. The third-order valence-corrected chi connectivity index (χ3v) is 7.70. The van der Waals surface area contributed by atoms with E-state index in [-0.39, 0.29) is 23.8 Å². The fourth-order valence-electron chi connectivity index (χ4n) is 5.37. The van der Waals surface area contributed by atoms with E-state index in [2.05, 4.69) is 20.8 Å². The van der Waals surface area contributed by atoms with Gasteiger partial charge in [0, 0.05) is 69.3 Å². The number of carbonyl (C=O) groups excluding carboxylic acids is 3. The van der Waals surface area contributed by atoms with Crippen molar-refractivity contribution >= 4 is 33.7 Å². The van der Waals surface area contributed by atoms with E-state index in [4.69, 9.17) is 0 Å². The lowest BCUT2D eigenvalue weighted by Crippen LogP contribution is -2.60. The number of piperazine rings is 2. The molecular formula is C24H33BrN4O3. The molecule has 3 aliphatic rings. The Bertz CT molecular complexity index is 841. The summed E-state index contributed by atoms with van der Waals surface area (Å²) >= 11 is 3.44. The van der Waals surface area contributed by atoms with Crippen LogP contribution in [0.15, 0.2) is 28.7 Å². The van der Waals surface area contributed by atoms with Gasteiger partial charge in [-0.25, -0.2) is 0 Å². The SMILES string of the molecule is CC(=O)N1CCN(C(=O)[C@@H](C2CCCC2)N2CCN(C(=O)c3cccc(Br)c3)CC2)CC1. The molecular weight excluding hydrogens is 472 g/mol. The number of hydrogen-bond acceptors (Lipinski definition) is 4. The molecule has 1 aromatic carbocycles. The molecule has 0 unspecified atom stereocenters. The highest BCUT2D eigenvalue weighted by Gasteiger charge is 2.40. The minimum absolute atomic E-state index is 0.0510. The van der Waals surface area contributed by atoms with E-state index in [1.54, 1.807) is 6.92 Å². The monoisotopic (exact) mass is 504 g/mol. The minimum atomic E-state index is -0.107. The molecule has 1 atom stereocenters. The number of halogens is 1. The summed E-state index contributed by atoms with van der Waals surface area (Å²) in [4.78, 5) is 46.2. The Balaban J connectivity index is 1.40. The molecule has 1 aliphatic carbocycles. The van der Waals surface area contributed by atoms with Gasteiger partial charge in [-0.3, -0.25) is 19.3 Å². The molecule has 0 N–H and O–H groups in total. The lowest BCUT2D eigenvalue weighted by atomic mass is 9.94. The maximum Gasteiger partial charge on any atom is 0.253 e. The molecule has 1 saturated carbocycles. The van der Waals surface area contributed by atoms with Crippen molar-refractivity contribution in [1.82, 2.24) is 19.6 Å². The molecule has 3 fully saturated rings. The molecule has 0 radical (unpaired) electrons. The highest BCUT2D eigenvalue weighted by molar-refractivity contribution is 9.10. The standard InChI is InChI=1S/C24H33BrN4O3/c1-18(30)26-9-13-29(14-10-26)24(32)22(19-5-2-3-6-19)27-11-15-28(16-12-27)23(31)20-7-4-8-21(25)17-20/h4,7-8,17,19,22H,2-3,5-6,9-16H2,1H3/t22-/m1/s1. The predicted octanol–water partition coefficient (Wildman–Crippen LogP) is 2.46. The highest BCUT2D eigenvalue weighted by atomic mass is 79.9. The average Bonchev–Trinajstić information content (AvgIpc) is 3.33. The van der Waals surface area contributed by atoms with E-state index in [9.17, 15) is 14.4 Å². The number of carbonyl (C=O) groups is 3. The van der Waals surface area contributed by atoms with Crippen LogP contribution in [0.25, 0.3) is 0 Å². The van der Waals surface area contributed by atoms with Crippen molar-refractivity contribution in [2.45, 2.75) is 38.6 Å². The van der Waals surface area contributed by atoms with Crippen LogP contribution in [0.2, 0.25) is 0 Å². The zero-order valence-corrected chi connectivity index (χ0v) is 20.4. The molecule has 7 nitrogen and oxygen atoms in total. The van der Waals surface area contributed by atoms with Gasteiger partial charge in [-0.2, -0.15) is 0 Å². The zero-order valence-electron chi connectivity index (χ0n) is 18.8. The molecule has 2 saturated heterocycles. The second kappa shape index (κ2) is 10.3. The van der Waals surface area contributed by atoms with Gasteiger partial charge >= 0.3 is 0 Å². The van der Waals surface area contributed by atoms with Crippen LogP contribution in [0.5, 0.6) is 0 Å². The highest BCUT2D eigenvalue weighted by Crippen LogP contribution is 2.32. The van der Waals surface area contributed by atoms with Crippen molar-refractivity contribution in [2.75, 3.05) is 52.4 Å². The van der Waals surface area contributed by atoms with Gasteiger partial charge in [0.1, 0.15) is 0 Å². The first-order valence-electron chi connectivity index (χ1n) is 11.8. The number of amides is 3. The van der Waals surface area contributed by atoms with Crippen LogP contribution in [0.4, 0.5) is 0 Å². The summed E-state index contributed by atoms with van der Waals surface area (Å²) in [6, 6.07) is 7.41. The van der Waals surface area contributed by atoms with E-state index in [1.165, 1.54) is 12.8 Å². The topological polar surface area (TPSA) is 64.2 Å². The van der Waals surface area contributed by atoms with Gasteiger partial charge in [-0.1, -0.05) is 34.8 Å². The van der Waals surface area contributed by atoms with E-state index in [0.29, 0.717) is 50.7 Å². The van der Waals surface area contributed by atoms with Crippen LogP contribution < -0.4 is 0 Å². The molecule has 2 aliphatic heterocycles. The van der Waals surface area contributed by atoms with Gasteiger partial charge < -0.3 is 14.7 Å². The number of nitrogens with zero attached hydrogens (tertiary/aromatic N) is 4. The van der Waals surface area contributed by atoms with Gasteiger partial charge in [-0.05, 0) is 37.0 Å². The lowest BCUT2D eigenvalue weighted by molar-refractivity contribution is -0.144. The van der Waals surface area contributed by atoms with Crippen LogP contribution >= 0.6 is 15.9 Å². The lowest BCUT2D eigenvalue weighted by Gasteiger charge is -2.44. The van der Waals surface area contributed by atoms with Crippen molar-refractivity contribution in [2.24, 2.45) is 5.92 Å². The Morgan fingerprint density at radius 3 is 2.06 bits per heavy atom. The van der Waals surface area contributed by atoms with Crippen molar-refractivity contribution in [3.63, 3.8) is 0 Å². The minimum Gasteiger partial charge on any atom is -0.339 e. The molecule has 8 heteroatoms. The van der Waals surface area contributed by atoms with Gasteiger partial charge in [0.05, 0.1) is 6.04 Å². The molecule has 4 rings (SSSR count). The fourth-order valence-corrected chi connectivity index (χ4v) is 5.76. The zero-order chi connectivity index (χ0) is 22.7. The second-order valence-electron chi connectivity index (χ2n) is 9.16. The van der Waals surface area contributed by atoms with Crippen LogP contribution in [0.3, 0.4) is 0 Å². The van der Waals surface area contributed by atoms with E-state index < -0.39 is 0 Å². The summed E-state index contributed by atoms with van der Waals surface area (Å²) in [7, 11) is 0. The molecule has 2 heterocycles. The third-order valence-electron chi connectivity index (χ3n) is 7.20. The van der Waals surface area contributed by atoms with Crippen molar-refractivity contribution in [3.05, 3.63) is 34.3 Å². The normalized spacial score (nSPS) is 21.6. The predicted molar refractivity (Wildman–Crippen MR) is 126 cm³/mol. The van der Waals surface area contributed by atoms with Gasteiger partial charge in [0.2, 0.25) is 11.8 Å². The maximum absolute atomic E-state index is 13.6. The van der Waals surface area contributed by atoms with Gasteiger partial charge in [0.15, 0.2) is 0 Å². The van der Waals surface area contributed by atoms with Crippen molar-refractivity contribution in [3.8, 4) is 0 Å². The number of benzene rings is 1. The largest absolute Gasteiger partial charge is 0.339 e. The molecule has 32 heavy (non-hydrogen) atoms. The van der Waals surface area contributed by atoms with Crippen LogP contribution in [0, 0.1) is 5.92 Å². The summed E-state index contributed by atoms with van der Waals surface area (Å²) in [5.74, 6) is 0.734. The first kappa shape index (κ1) is 23.2. The number of rotatable bonds is 4. The fraction of sp³-hybridized carbons (Fsp3) is 0.625. The van der Waals surface area contributed by atoms with Crippen molar-refractivity contribution < 1.29 is 14.4 Å². The quantitative estimate of drug-likeness (QED) is 0.631. The Hall–Kier alpha value is -1.93. The Kier molecular flexibility index (Phi) is 7.51. The molecule has 0 bridgehead atoms. The first-order valence-corrected chi connectivity index (χ1v) is 12.6. The molecule has 0 spiro atoms. The summed E-state index contributed by atoms with van der Waals surface area (Å²) < 4.78 is 0.902. The summed E-state index contributed by atoms with van der Waals surface area (Å²) in [6.07, 6.45) is 4.57. The van der Waals surface area contributed by atoms with Crippen LogP contribution in [-0.4, -0.2) is 95.7 Å². The van der Waals surface area contributed by atoms with Crippen molar-refractivity contribution in [1.29, 1.82) is 0 Å². The Labute approximate surface area is 198 Å². The van der Waals surface area contributed by atoms with E-state index >= 15 is 0 Å².